The number of methoxy groups -OCH3 is 1. The zero-order chi connectivity index (χ0) is 16.9. The second-order valence-electron chi connectivity index (χ2n) is 5.99. The molecule has 0 spiro atoms. The number of nitrogens with one attached hydrogen (secondary N) is 1. The van der Waals surface area contributed by atoms with Crippen molar-refractivity contribution >= 4 is 11.8 Å². The zero-order valence-electron chi connectivity index (χ0n) is 14.2. The molecule has 1 aromatic carbocycles. The van der Waals surface area contributed by atoms with Gasteiger partial charge in [-0.15, -0.1) is 0 Å². The molecule has 1 saturated heterocycles. The Morgan fingerprint density at radius 1 is 1.30 bits per heavy atom. The van der Waals surface area contributed by atoms with E-state index in [1.54, 1.807) is 19.1 Å². The predicted molar refractivity (Wildman–Crippen MR) is 89.1 cm³/mol. The van der Waals surface area contributed by atoms with Crippen LogP contribution in [0.2, 0.25) is 0 Å². The van der Waals surface area contributed by atoms with E-state index in [0.717, 1.165) is 18.4 Å². The van der Waals surface area contributed by atoms with Crippen LogP contribution >= 0.6 is 0 Å². The first-order valence-corrected chi connectivity index (χ1v) is 8.17. The smallest absolute Gasteiger partial charge is 0.248 e. The van der Waals surface area contributed by atoms with Gasteiger partial charge >= 0.3 is 0 Å². The van der Waals surface area contributed by atoms with E-state index in [-0.39, 0.29) is 18.4 Å². The lowest BCUT2D eigenvalue weighted by molar-refractivity contribution is -0.147. The highest BCUT2D eigenvalue weighted by atomic mass is 16.5. The Labute approximate surface area is 138 Å². The highest BCUT2D eigenvalue weighted by Gasteiger charge is 2.49. The molecule has 0 saturated carbocycles. The quantitative estimate of drug-likeness (QED) is 0.866. The molecule has 0 radical (unpaired) electrons. The molecule has 0 aliphatic carbocycles. The number of amides is 2. The van der Waals surface area contributed by atoms with Crippen LogP contribution in [0.25, 0.3) is 0 Å². The number of benzene rings is 1. The number of hydrogen-bond donors (Lipinski definition) is 1. The summed E-state index contributed by atoms with van der Waals surface area (Å²) in [5, 5.41) is 2.69. The average molecular weight is 318 g/mol. The number of ether oxygens (including phenoxy) is 1. The lowest BCUT2D eigenvalue weighted by atomic mass is 9.94. The van der Waals surface area contributed by atoms with Crippen LogP contribution in [-0.4, -0.2) is 49.6 Å². The first kappa shape index (κ1) is 17.5. The number of carbonyl (C=O) groups is 2. The van der Waals surface area contributed by atoms with Gasteiger partial charge in [0.05, 0.1) is 13.0 Å². The molecule has 0 aromatic heterocycles. The first-order chi connectivity index (χ1) is 11.1. The number of hydrogen-bond acceptors (Lipinski definition) is 3. The first-order valence-electron chi connectivity index (χ1n) is 8.17. The average Bonchev–Trinajstić information content (AvgIpc) is 3.00. The van der Waals surface area contributed by atoms with E-state index in [0.29, 0.717) is 19.4 Å². The Hall–Kier alpha value is -1.88. The number of carbonyl (C=O) groups excluding carboxylic acids is 2. The van der Waals surface area contributed by atoms with Crippen molar-refractivity contribution in [3.63, 3.8) is 0 Å². The lowest BCUT2D eigenvalue weighted by Gasteiger charge is -2.36. The normalized spacial score (nSPS) is 20.6. The third-order valence-electron chi connectivity index (χ3n) is 4.66. The molecule has 1 atom stereocenters. The summed E-state index contributed by atoms with van der Waals surface area (Å²) in [5.41, 5.74) is 1.34. The van der Waals surface area contributed by atoms with Crippen molar-refractivity contribution < 1.29 is 14.3 Å². The van der Waals surface area contributed by atoms with E-state index >= 15 is 0 Å². The second-order valence-corrected chi connectivity index (χ2v) is 5.99. The molecule has 1 N–H and O–H groups in total. The van der Waals surface area contributed by atoms with Crippen molar-refractivity contribution in [2.45, 2.75) is 38.1 Å². The third-order valence-corrected chi connectivity index (χ3v) is 4.66. The molecule has 5 nitrogen and oxygen atoms in total. The molecular weight excluding hydrogens is 292 g/mol. The summed E-state index contributed by atoms with van der Waals surface area (Å²) >= 11 is 0. The minimum Gasteiger partial charge on any atom is -0.382 e. The molecule has 5 heteroatoms. The molecule has 1 fully saturated rings. The van der Waals surface area contributed by atoms with Crippen LogP contribution < -0.4 is 5.32 Å². The summed E-state index contributed by atoms with van der Waals surface area (Å²) in [6.07, 6.45) is 2.67. The van der Waals surface area contributed by atoms with Crippen LogP contribution in [0, 0.1) is 0 Å². The Kier molecular flexibility index (Phi) is 5.77. The van der Waals surface area contributed by atoms with E-state index in [4.69, 9.17) is 4.74 Å². The molecule has 1 aliphatic heterocycles. The van der Waals surface area contributed by atoms with Gasteiger partial charge < -0.3 is 15.0 Å². The maximum absolute atomic E-state index is 12.9. The number of nitrogens with zero attached hydrogens (tertiary/aromatic N) is 1. The number of rotatable bonds is 6. The summed E-state index contributed by atoms with van der Waals surface area (Å²) < 4.78 is 5.27. The minimum atomic E-state index is -0.873. The molecular formula is C18H26N2O3. The minimum absolute atomic E-state index is 0.0101. The van der Waals surface area contributed by atoms with Gasteiger partial charge in [0.1, 0.15) is 5.54 Å². The van der Waals surface area contributed by atoms with Gasteiger partial charge in [0, 0.05) is 20.7 Å². The van der Waals surface area contributed by atoms with E-state index < -0.39 is 5.54 Å². The fourth-order valence-corrected chi connectivity index (χ4v) is 3.50. The van der Waals surface area contributed by atoms with Gasteiger partial charge in [0.2, 0.25) is 11.8 Å². The molecule has 1 unspecified atom stereocenters. The van der Waals surface area contributed by atoms with Crippen molar-refractivity contribution in [2.24, 2.45) is 0 Å². The van der Waals surface area contributed by atoms with Crippen LogP contribution in [0.3, 0.4) is 0 Å². The molecule has 126 valence electrons. The SMILES string of the molecule is CCc1ccccc1CC(=O)N1CCCC1(COC)C(=O)NC. The van der Waals surface area contributed by atoms with Crippen molar-refractivity contribution in [3.05, 3.63) is 35.4 Å². The van der Waals surface area contributed by atoms with Crippen molar-refractivity contribution in [3.8, 4) is 0 Å². The van der Waals surface area contributed by atoms with Crippen LogP contribution in [-0.2, 0) is 27.2 Å². The largest absolute Gasteiger partial charge is 0.382 e. The number of aryl methyl sites for hydroxylation is 1. The Bertz CT molecular complexity index is 573. The number of likely N-dealkylation sites (tertiary alicyclic amines) is 1. The van der Waals surface area contributed by atoms with Gasteiger partial charge in [-0.05, 0) is 30.4 Å². The van der Waals surface area contributed by atoms with E-state index in [1.807, 2.05) is 24.3 Å². The molecule has 1 heterocycles. The summed E-state index contributed by atoms with van der Waals surface area (Å²) in [6.45, 7) is 2.91. The van der Waals surface area contributed by atoms with Crippen LogP contribution in [0.5, 0.6) is 0 Å². The van der Waals surface area contributed by atoms with Gasteiger partial charge in [0.15, 0.2) is 0 Å². The van der Waals surface area contributed by atoms with Gasteiger partial charge in [-0.3, -0.25) is 9.59 Å². The predicted octanol–water partition coefficient (Wildman–Crippen LogP) is 1.55. The monoisotopic (exact) mass is 318 g/mol. The molecule has 23 heavy (non-hydrogen) atoms. The summed E-state index contributed by atoms with van der Waals surface area (Å²) in [6, 6.07) is 7.98. The van der Waals surface area contributed by atoms with E-state index in [9.17, 15) is 9.59 Å². The van der Waals surface area contributed by atoms with Crippen molar-refractivity contribution in [2.75, 3.05) is 27.3 Å². The Morgan fingerprint density at radius 2 is 2.00 bits per heavy atom. The third kappa shape index (κ3) is 3.39. The lowest BCUT2D eigenvalue weighted by Crippen LogP contribution is -2.59. The Morgan fingerprint density at radius 3 is 2.61 bits per heavy atom. The second kappa shape index (κ2) is 7.59. The molecule has 1 aliphatic rings. The summed E-state index contributed by atoms with van der Waals surface area (Å²) in [5.74, 6) is -0.155. The maximum atomic E-state index is 12.9. The van der Waals surface area contributed by atoms with E-state index in [1.165, 1.54) is 5.56 Å². The molecule has 2 amide bonds. The maximum Gasteiger partial charge on any atom is 0.248 e. The molecule has 1 aromatic rings. The molecule has 2 rings (SSSR count). The van der Waals surface area contributed by atoms with Crippen LogP contribution in [0.1, 0.15) is 30.9 Å². The fraction of sp³-hybridized carbons (Fsp3) is 0.556. The highest BCUT2D eigenvalue weighted by molar-refractivity contribution is 5.92. The molecule has 0 bridgehead atoms. The summed E-state index contributed by atoms with van der Waals surface area (Å²) in [7, 11) is 3.17. The van der Waals surface area contributed by atoms with Gasteiger partial charge in [-0.2, -0.15) is 0 Å². The van der Waals surface area contributed by atoms with Crippen molar-refractivity contribution in [1.29, 1.82) is 0 Å². The highest BCUT2D eigenvalue weighted by Crippen LogP contribution is 2.31. The zero-order valence-corrected chi connectivity index (χ0v) is 14.2. The standard InChI is InChI=1S/C18H26N2O3/c1-4-14-8-5-6-9-15(14)12-16(21)20-11-7-10-18(20,13-23-3)17(22)19-2/h5-6,8-9H,4,7,10-13H2,1-3H3,(H,19,22). The van der Waals surface area contributed by atoms with Gasteiger partial charge in [0.25, 0.3) is 0 Å². The Balaban J connectivity index is 2.24. The van der Waals surface area contributed by atoms with E-state index in [2.05, 4.69) is 12.2 Å². The van der Waals surface area contributed by atoms with Crippen LogP contribution in [0.15, 0.2) is 24.3 Å². The van der Waals surface area contributed by atoms with Crippen molar-refractivity contribution in [1.82, 2.24) is 10.2 Å². The van der Waals surface area contributed by atoms with Crippen LogP contribution in [0.4, 0.5) is 0 Å². The number of likely N-dealkylation sites (N-methyl/N-ethyl adjacent to an activating group) is 1. The summed E-state index contributed by atoms with van der Waals surface area (Å²) in [4.78, 5) is 27.0. The van der Waals surface area contributed by atoms with Gasteiger partial charge in [-0.1, -0.05) is 31.2 Å². The fourth-order valence-electron chi connectivity index (χ4n) is 3.50. The topological polar surface area (TPSA) is 58.6 Å². The van der Waals surface area contributed by atoms with Gasteiger partial charge in [-0.25, -0.2) is 0 Å².